The molecule has 0 radical (unpaired) electrons. The monoisotopic (exact) mass is 396 g/mol. The number of rotatable bonds is 2. The first-order valence-electron chi connectivity index (χ1n) is 6.55. The lowest BCUT2D eigenvalue weighted by Crippen LogP contribution is -2.42. The Morgan fingerprint density at radius 1 is 1.26 bits per heavy atom. The molecule has 1 unspecified atom stereocenters. The molecule has 2 heterocycles. The molecule has 2 aromatic rings. The second-order valence-electron chi connectivity index (χ2n) is 4.83. The van der Waals surface area contributed by atoms with Crippen molar-refractivity contribution in [1.82, 2.24) is 4.58 Å². The molecule has 1 N–H and O–H groups in total. The van der Waals surface area contributed by atoms with E-state index in [9.17, 15) is 21.8 Å². The lowest BCUT2D eigenvalue weighted by molar-refractivity contribution is 0.471. The van der Waals surface area contributed by atoms with Crippen LogP contribution in [0.15, 0.2) is 23.6 Å². The molecule has 0 amide bonds. The zero-order valence-electron chi connectivity index (χ0n) is 11.6. The first kappa shape index (κ1) is 17.0. The van der Waals surface area contributed by atoms with Crippen LogP contribution in [-0.2, 0) is 10.1 Å². The van der Waals surface area contributed by atoms with E-state index in [4.69, 9.17) is 0 Å². The van der Waals surface area contributed by atoms with Crippen molar-refractivity contribution in [2.45, 2.75) is 4.58 Å². The zero-order valence-corrected chi connectivity index (χ0v) is 14.9. The average Bonchev–Trinajstić information content (AvgIpc) is 2.96. The van der Waals surface area contributed by atoms with Crippen LogP contribution in [0.4, 0.5) is 8.78 Å². The second kappa shape index (κ2) is 6.60. The van der Waals surface area contributed by atoms with E-state index in [2.05, 4.69) is 0 Å². The smallest absolute Gasteiger partial charge is 0.285 e. The fourth-order valence-corrected chi connectivity index (χ4v) is 6.78. The van der Waals surface area contributed by atoms with Gasteiger partial charge in [0, 0.05) is 5.38 Å². The Morgan fingerprint density at radius 3 is 2.61 bits per heavy atom. The molecule has 0 aliphatic carbocycles. The first-order valence-corrected chi connectivity index (χ1v) is 10.8. The van der Waals surface area contributed by atoms with Gasteiger partial charge in [0.05, 0.1) is 16.2 Å². The van der Waals surface area contributed by atoms with Crippen molar-refractivity contribution in [3.05, 3.63) is 39.2 Å². The molecule has 1 saturated heterocycles. The van der Waals surface area contributed by atoms with Crippen LogP contribution in [0, 0.1) is 11.6 Å². The number of hydrogen-bond donors (Lipinski definition) is 1. The average molecular weight is 397 g/mol. The van der Waals surface area contributed by atoms with E-state index >= 15 is 0 Å². The summed E-state index contributed by atoms with van der Waals surface area (Å²) in [5.41, 5.74) is -0.0716. The third-order valence-electron chi connectivity index (χ3n) is 3.30. The Hall–Kier alpha value is -0.810. The Kier molecular flexibility index (Phi) is 4.88. The predicted octanol–water partition coefficient (Wildman–Crippen LogP) is 2.49. The topological polar surface area (TPSA) is 57.4 Å². The van der Waals surface area contributed by atoms with E-state index in [-0.39, 0.29) is 12.1 Å². The van der Waals surface area contributed by atoms with Gasteiger partial charge in [-0.25, -0.2) is 13.4 Å². The van der Waals surface area contributed by atoms with Gasteiger partial charge in [-0.05, 0) is 12.1 Å². The predicted molar refractivity (Wildman–Crippen MR) is 90.3 cm³/mol. The molecule has 3 rings (SSSR count). The third kappa shape index (κ3) is 3.66. The minimum absolute atomic E-state index is 0.0716. The largest absolute Gasteiger partial charge is 0.314 e. The summed E-state index contributed by atoms with van der Waals surface area (Å²) in [6.45, 7) is 0.770. The zero-order chi connectivity index (χ0) is 16.6. The fourth-order valence-electron chi connectivity index (χ4n) is 2.19. The lowest BCUT2D eigenvalue weighted by Gasteiger charge is -2.16. The SMILES string of the molecule is O=S(=O)(O)C1C[N+](=c2scc(-c3c(F)cccc3F)s2)CCS1. The Labute approximate surface area is 143 Å². The summed E-state index contributed by atoms with van der Waals surface area (Å²) >= 11 is 3.70. The molecule has 1 atom stereocenters. The van der Waals surface area contributed by atoms with Crippen LogP contribution in [0.3, 0.4) is 0 Å². The lowest BCUT2D eigenvalue weighted by atomic mass is 10.2. The third-order valence-corrected chi connectivity index (χ3v) is 8.66. The highest BCUT2D eigenvalue weighted by Gasteiger charge is 2.33. The molecular weight excluding hydrogens is 384 g/mol. The Balaban J connectivity index is 2.01. The van der Waals surface area contributed by atoms with Crippen molar-refractivity contribution >= 4 is 44.6 Å². The minimum atomic E-state index is -4.12. The van der Waals surface area contributed by atoms with Gasteiger partial charge in [0.25, 0.3) is 10.1 Å². The number of nitrogens with zero attached hydrogens (tertiary/aromatic N) is 1. The molecule has 10 heteroatoms. The van der Waals surface area contributed by atoms with E-state index in [0.717, 1.165) is 3.98 Å². The summed E-state index contributed by atoms with van der Waals surface area (Å²) in [6.07, 6.45) is 0. The maximum atomic E-state index is 13.8. The summed E-state index contributed by atoms with van der Waals surface area (Å²) in [5, 5.41) is 1.66. The second-order valence-corrected chi connectivity index (χ2v) is 10.2. The first-order chi connectivity index (χ1) is 10.9. The molecule has 1 fully saturated rings. The van der Waals surface area contributed by atoms with Crippen molar-refractivity contribution in [2.24, 2.45) is 0 Å². The van der Waals surface area contributed by atoms with Crippen molar-refractivity contribution in [3.63, 3.8) is 0 Å². The highest BCUT2D eigenvalue weighted by Crippen LogP contribution is 2.29. The number of hydrogen-bond acceptors (Lipinski definition) is 5. The van der Waals surface area contributed by atoms with Gasteiger partial charge in [0.1, 0.15) is 11.6 Å². The van der Waals surface area contributed by atoms with Crippen LogP contribution in [0.2, 0.25) is 0 Å². The molecule has 0 spiro atoms. The molecule has 0 saturated carbocycles. The molecule has 23 heavy (non-hydrogen) atoms. The van der Waals surface area contributed by atoms with Crippen LogP contribution >= 0.6 is 34.4 Å². The molecule has 1 aliphatic rings. The van der Waals surface area contributed by atoms with E-state index in [1.807, 2.05) is 4.58 Å². The fraction of sp³-hybridized carbons (Fsp3) is 0.308. The maximum Gasteiger partial charge on any atom is 0.314 e. The summed E-state index contributed by atoms with van der Waals surface area (Å²) in [4.78, 5) is 0.460. The highest BCUT2D eigenvalue weighted by molar-refractivity contribution is 8.11. The molecule has 124 valence electrons. The number of halogens is 2. The van der Waals surface area contributed by atoms with Crippen LogP contribution in [0.5, 0.6) is 0 Å². The molecule has 1 aromatic carbocycles. The normalized spacial score (nSPS) is 21.4. The highest BCUT2D eigenvalue weighted by atomic mass is 32.3. The van der Waals surface area contributed by atoms with Gasteiger partial charge in [-0.3, -0.25) is 4.55 Å². The molecule has 1 aromatic heterocycles. The molecule has 4 nitrogen and oxygen atoms in total. The maximum absolute atomic E-state index is 13.8. The van der Waals surface area contributed by atoms with Crippen molar-refractivity contribution in [1.29, 1.82) is 0 Å². The van der Waals surface area contributed by atoms with Gasteiger partial charge < -0.3 is 0 Å². The molecular formula is C13H12F2NO3S4+. The molecule has 0 bridgehead atoms. The minimum Gasteiger partial charge on any atom is -0.285 e. The van der Waals surface area contributed by atoms with Gasteiger partial charge >= 0.3 is 3.98 Å². The van der Waals surface area contributed by atoms with E-state index in [1.54, 1.807) is 5.38 Å². The van der Waals surface area contributed by atoms with Gasteiger partial charge in [0.15, 0.2) is 17.7 Å². The molecule has 1 aliphatic heterocycles. The van der Waals surface area contributed by atoms with E-state index in [1.165, 1.54) is 52.6 Å². The van der Waals surface area contributed by atoms with Gasteiger partial charge in [-0.15, -0.1) is 11.8 Å². The van der Waals surface area contributed by atoms with Crippen LogP contribution in [-0.4, -0.2) is 36.4 Å². The van der Waals surface area contributed by atoms with Crippen molar-refractivity contribution in [2.75, 3.05) is 18.8 Å². The summed E-state index contributed by atoms with van der Waals surface area (Å²) in [6, 6.07) is 3.72. The van der Waals surface area contributed by atoms with E-state index in [0.29, 0.717) is 17.2 Å². The summed E-state index contributed by atoms with van der Waals surface area (Å²) in [7, 11) is -4.12. The van der Waals surface area contributed by atoms with Gasteiger partial charge in [-0.2, -0.15) is 8.42 Å². The summed E-state index contributed by atoms with van der Waals surface area (Å²) < 4.78 is 61.2. The summed E-state index contributed by atoms with van der Waals surface area (Å²) in [5.74, 6) is -0.704. The quantitative estimate of drug-likeness (QED) is 0.626. The van der Waals surface area contributed by atoms with Crippen molar-refractivity contribution in [3.8, 4) is 10.4 Å². The van der Waals surface area contributed by atoms with E-state index < -0.39 is 26.3 Å². The van der Waals surface area contributed by atoms with Crippen molar-refractivity contribution < 1.29 is 21.8 Å². The Morgan fingerprint density at radius 2 is 1.96 bits per heavy atom. The number of thioether (sulfide) groups is 1. The Bertz CT molecular complexity index is 884. The van der Waals surface area contributed by atoms with Crippen LogP contribution in [0.1, 0.15) is 0 Å². The van der Waals surface area contributed by atoms with Gasteiger partial charge in [-0.1, -0.05) is 28.7 Å². The van der Waals surface area contributed by atoms with Crippen LogP contribution < -0.4 is 8.56 Å². The number of benzene rings is 1. The standard InChI is InChI=1S/C13H11F2NO3S4/c14-8-2-1-3-9(15)12(8)10-7-21-13(22-10)16-4-5-20-11(6-16)23(17,18)19/h1-3,7,11H,4-6H2/p+1. The van der Waals surface area contributed by atoms with Crippen LogP contribution in [0.25, 0.3) is 10.4 Å². The van der Waals surface area contributed by atoms with Gasteiger partial charge in [0.2, 0.25) is 0 Å².